The number of rotatable bonds is 5. The molecule has 0 saturated heterocycles. The summed E-state index contributed by atoms with van der Waals surface area (Å²) >= 11 is 1.46. The number of methoxy groups -OCH3 is 1. The van der Waals surface area contributed by atoms with Crippen LogP contribution < -0.4 is 4.74 Å². The lowest BCUT2D eigenvalue weighted by atomic mass is 9.94. The maximum absolute atomic E-state index is 11.6. The summed E-state index contributed by atoms with van der Waals surface area (Å²) in [5.41, 5.74) is -0.481. The average Bonchev–Trinajstić information content (AvgIpc) is 2.92. The van der Waals surface area contributed by atoms with Gasteiger partial charge in [0.1, 0.15) is 11.4 Å². The van der Waals surface area contributed by atoms with Crippen LogP contribution in [0.3, 0.4) is 0 Å². The Morgan fingerprint density at radius 3 is 2.47 bits per heavy atom. The third kappa shape index (κ3) is 3.05. The molecule has 19 heavy (non-hydrogen) atoms. The van der Waals surface area contributed by atoms with Crippen LogP contribution in [-0.2, 0) is 16.4 Å². The Kier molecular flexibility index (Phi) is 4.39. The van der Waals surface area contributed by atoms with Crippen molar-refractivity contribution in [2.45, 2.75) is 5.60 Å². The van der Waals surface area contributed by atoms with Gasteiger partial charge in [0.15, 0.2) is 0 Å². The van der Waals surface area contributed by atoms with E-state index in [-0.39, 0.29) is 5.75 Å². The Morgan fingerprint density at radius 1 is 1.32 bits per heavy atom. The third-order valence-corrected chi connectivity index (χ3v) is 4.75. The molecule has 0 aliphatic rings. The monoisotopic (exact) mass is 296 g/mol. The predicted molar refractivity (Wildman–Crippen MR) is 79.2 cm³/mol. The smallest absolute Gasteiger partial charge is 0.135 e. The first-order valence-corrected chi connectivity index (χ1v) is 8.38. The van der Waals surface area contributed by atoms with Crippen molar-refractivity contribution in [1.82, 2.24) is 0 Å². The van der Waals surface area contributed by atoms with Crippen LogP contribution in [0.5, 0.6) is 5.75 Å². The second-order valence-electron chi connectivity index (χ2n) is 4.28. The van der Waals surface area contributed by atoms with E-state index in [0.717, 1.165) is 16.2 Å². The molecule has 0 aliphatic heterocycles. The summed E-state index contributed by atoms with van der Waals surface area (Å²) in [6.45, 7) is 0. The highest BCUT2D eigenvalue weighted by atomic mass is 32.2. The third-order valence-electron chi connectivity index (χ3n) is 2.91. The molecule has 1 heterocycles. The number of aliphatic hydroxyl groups is 1. The Hall–Kier alpha value is -1.17. The largest absolute Gasteiger partial charge is 0.497 e. The van der Waals surface area contributed by atoms with E-state index in [1.807, 2.05) is 29.6 Å². The van der Waals surface area contributed by atoms with Crippen LogP contribution in [0.25, 0.3) is 0 Å². The van der Waals surface area contributed by atoms with Crippen LogP contribution >= 0.6 is 11.3 Å². The van der Waals surface area contributed by atoms with E-state index in [0.29, 0.717) is 0 Å². The van der Waals surface area contributed by atoms with Gasteiger partial charge in [0.2, 0.25) is 0 Å². The van der Waals surface area contributed by atoms with Crippen LogP contribution in [0.15, 0.2) is 41.8 Å². The molecule has 0 aliphatic carbocycles. The highest BCUT2D eigenvalue weighted by molar-refractivity contribution is 7.84. The molecule has 2 aromatic rings. The topological polar surface area (TPSA) is 46.5 Å². The first-order chi connectivity index (χ1) is 9.06. The van der Waals surface area contributed by atoms with Crippen molar-refractivity contribution < 1.29 is 14.1 Å². The second kappa shape index (κ2) is 5.86. The molecule has 0 radical (unpaired) electrons. The molecule has 1 N–H and O–H groups in total. The summed E-state index contributed by atoms with van der Waals surface area (Å²) in [7, 11) is 0.497. The van der Waals surface area contributed by atoms with Crippen molar-refractivity contribution in [3.8, 4) is 5.75 Å². The van der Waals surface area contributed by atoms with Gasteiger partial charge in [-0.2, -0.15) is 0 Å². The maximum atomic E-state index is 11.6. The number of ether oxygens (including phenoxy) is 1. The molecule has 5 heteroatoms. The minimum atomic E-state index is -1.21. The van der Waals surface area contributed by atoms with Crippen molar-refractivity contribution in [2.75, 3.05) is 19.1 Å². The van der Waals surface area contributed by atoms with Crippen LogP contribution in [0.1, 0.15) is 10.4 Å². The quantitative estimate of drug-likeness (QED) is 0.921. The standard InChI is InChI=1S/C14H16O3S2/c1-17-12-7-5-11(6-8-12)14(15,10-19(2)16)13-4-3-9-18-13/h3-9,15H,10H2,1-2H3. The lowest BCUT2D eigenvalue weighted by Crippen LogP contribution is -2.32. The summed E-state index contributed by atoms with van der Waals surface area (Å²) in [5, 5.41) is 12.9. The molecule has 0 bridgehead atoms. The zero-order valence-electron chi connectivity index (χ0n) is 10.8. The van der Waals surface area contributed by atoms with Gasteiger partial charge in [0, 0.05) is 21.9 Å². The molecule has 2 unspecified atom stereocenters. The minimum Gasteiger partial charge on any atom is -0.497 e. The van der Waals surface area contributed by atoms with Gasteiger partial charge in [0.25, 0.3) is 0 Å². The lowest BCUT2D eigenvalue weighted by molar-refractivity contribution is 0.110. The summed E-state index contributed by atoms with van der Waals surface area (Å²) in [6.07, 6.45) is 1.60. The van der Waals surface area contributed by atoms with Gasteiger partial charge in [-0.25, -0.2) is 0 Å². The van der Waals surface area contributed by atoms with Crippen molar-refractivity contribution in [3.05, 3.63) is 52.2 Å². The van der Waals surface area contributed by atoms with Gasteiger partial charge in [-0.15, -0.1) is 11.3 Å². The molecular formula is C14H16O3S2. The zero-order chi connectivity index (χ0) is 13.9. The second-order valence-corrected chi connectivity index (χ2v) is 6.67. The fourth-order valence-electron chi connectivity index (χ4n) is 1.97. The normalized spacial score (nSPS) is 15.7. The molecule has 1 aromatic heterocycles. The first-order valence-electron chi connectivity index (χ1n) is 5.77. The molecule has 102 valence electrons. The molecule has 2 atom stereocenters. The fourth-order valence-corrected chi connectivity index (χ4v) is 3.82. The minimum absolute atomic E-state index is 0.180. The van der Waals surface area contributed by atoms with Crippen LogP contribution in [-0.4, -0.2) is 28.4 Å². The number of hydrogen-bond donors (Lipinski definition) is 1. The van der Waals surface area contributed by atoms with E-state index in [1.165, 1.54) is 11.3 Å². The zero-order valence-corrected chi connectivity index (χ0v) is 12.5. The summed E-state index contributed by atoms with van der Waals surface area (Å²) in [6, 6.07) is 11.0. The molecule has 0 saturated carbocycles. The average molecular weight is 296 g/mol. The molecule has 0 fully saturated rings. The molecule has 3 nitrogen and oxygen atoms in total. The van der Waals surface area contributed by atoms with Crippen LogP contribution in [0.4, 0.5) is 0 Å². The Labute approximate surface area is 119 Å². The van der Waals surface area contributed by atoms with E-state index < -0.39 is 16.4 Å². The number of benzene rings is 1. The van der Waals surface area contributed by atoms with Crippen molar-refractivity contribution >= 4 is 22.1 Å². The van der Waals surface area contributed by atoms with Gasteiger partial charge in [-0.1, -0.05) is 18.2 Å². The maximum Gasteiger partial charge on any atom is 0.135 e. The van der Waals surface area contributed by atoms with Crippen LogP contribution in [0, 0.1) is 0 Å². The van der Waals surface area contributed by atoms with Gasteiger partial charge < -0.3 is 9.84 Å². The van der Waals surface area contributed by atoms with E-state index in [2.05, 4.69) is 0 Å². The number of thiophene rings is 1. The molecule has 2 rings (SSSR count). The molecule has 1 aromatic carbocycles. The SMILES string of the molecule is COc1ccc(C(O)(CS(C)=O)c2cccs2)cc1. The van der Waals surface area contributed by atoms with Gasteiger partial charge in [-0.05, 0) is 29.1 Å². The van der Waals surface area contributed by atoms with Gasteiger partial charge in [0.05, 0.1) is 12.9 Å². The van der Waals surface area contributed by atoms with E-state index in [4.69, 9.17) is 4.74 Å². The van der Waals surface area contributed by atoms with Gasteiger partial charge >= 0.3 is 0 Å². The number of hydrogen-bond acceptors (Lipinski definition) is 4. The molecular weight excluding hydrogens is 280 g/mol. The Balaban J connectivity index is 2.44. The first kappa shape index (κ1) is 14.2. The highest BCUT2D eigenvalue weighted by Gasteiger charge is 2.33. The van der Waals surface area contributed by atoms with E-state index >= 15 is 0 Å². The molecule has 0 spiro atoms. The van der Waals surface area contributed by atoms with Crippen molar-refractivity contribution in [3.63, 3.8) is 0 Å². The summed E-state index contributed by atoms with van der Waals surface area (Å²) in [5.74, 6) is 0.912. The fraction of sp³-hybridized carbons (Fsp3) is 0.286. The van der Waals surface area contributed by atoms with E-state index in [9.17, 15) is 9.32 Å². The predicted octanol–water partition coefficient (Wildman–Crippen LogP) is 2.37. The Bertz CT molecular complexity index is 549. The Morgan fingerprint density at radius 2 is 2.00 bits per heavy atom. The van der Waals surface area contributed by atoms with Crippen LogP contribution in [0.2, 0.25) is 0 Å². The summed E-state index contributed by atoms with van der Waals surface area (Å²) in [4.78, 5) is 0.799. The summed E-state index contributed by atoms with van der Waals surface area (Å²) < 4.78 is 16.7. The van der Waals surface area contributed by atoms with Gasteiger partial charge in [-0.3, -0.25) is 4.21 Å². The van der Waals surface area contributed by atoms with E-state index in [1.54, 1.807) is 25.5 Å². The highest BCUT2D eigenvalue weighted by Crippen LogP contribution is 2.34. The lowest BCUT2D eigenvalue weighted by Gasteiger charge is -2.26. The van der Waals surface area contributed by atoms with Crippen molar-refractivity contribution in [1.29, 1.82) is 0 Å². The van der Waals surface area contributed by atoms with Crippen molar-refractivity contribution in [2.24, 2.45) is 0 Å². The molecule has 0 amide bonds.